The van der Waals surface area contributed by atoms with Gasteiger partial charge in [-0.1, -0.05) is 0 Å². The number of carbonyl (C=O) groups is 1. The zero-order valence-corrected chi connectivity index (χ0v) is 18.8. The number of pyridine rings is 1. The van der Waals surface area contributed by atoms with Crippen LogP contribution in [0.3, 0.4) is 0 Å². The number of fused-ring (bicyclic) bond motifs is 1. The lowest BCUT2D eigenvalue weighted by molar-refractivity contribution is 0.102. The van der Waals surface area contributed by atoms with Crippen LogP contribution >= 0.6 is 0 Å². The average molecular weight is 469 g/mol. The van der Waals surface area contributed by atoms with Crippen LogP contribution in [0.15, 0.2) is 59.6 Å². The first-order valence-electron chi connectivity index (χ1n) is 9.75. The van der Waals surface area contributed by atoms with Crippen molar-refractivity contribution < 1.29 is 22.3 Å². The Labute approximate surface area is 189 Å². The molecule has 0 saturated carbocycles. The van der Waals surface area contributed by atoms with Gasteiger partial charge >= 0.3 is 0 Å². The number of nitrogens with zero attached hydrogens (tertiary/aromatic N) is 3. The first-order chi connectivity index (χ1) is 15.7. The lowest BCUT2D eigenvalue weighted by Crippen LogP contribution is -2.15. The van der Waals surface area contributed by atoms with Crippen molar-refractivity contribution in [2.45, 2.75) is 11.8 Å². The average Bonchev–Trinajstić information content (AvgIpc) is 3.07. The Morgan fingerprint density at radius 2 is 1.85 bits per heavy atom. The first kappa shape index (κ1) is 22.2. The van der Waals surface area contributed by atoms with Crippen LogP contribution in [0.1, 0.15) is 16.1 Å². The van der Waals surface area contributed by atoms with E-state index in [1.54, 1.807) is 23.9 Å². The van der Waals surface area contributed by atoms with E-state index in [1.165, 1.54) is 25.4 Å². The molecule has 2 aromatic heterocycles. The van der Waals surface area contributed by atoms with Crippen molar-refractivity contribution in [2.75, 3.05) is 17.1 Å². The normalized spacial score (nSPS) is 11.4. The third kappa shape index (κ3) is 4.48. The maximum absolute atomic E-state index is 13.2. The molecule has 4 aromatic rings. The van der Waals surface area contributed by atoms with Crippen molar-refractivity contribution in [3.05, 3.63) is 71.8 Å². The number of ether oxygens (including phenoxy) is 1. The lowest BCUT2D eigenvalue weighted by atomic mass is 10.2. The van der Waals surface area contributed by atoms with Crippen molar-refractivity contribution in [3.8, 4) is 5.75 Å². The highest BCUT2D eigenvalue weighted by atomic mass is 32.2. The van der Waals surface area contributed by atoms with Crippen LogP contribution in [0, 0.1) is 12.7 Å². The third-order valence-electron chi connectivity index (χ3n) is 4.95. The number of hydrogen-bond acceptors (Lipinski definition) is 6. The van der Waals surface area contributed by atoms with Gasteiger partial charge in [0.25, 0.3) is 15.9 Å². The third-order valence-corrected chi connectivity index (χ3v) is 6.33. The van der Waals surface area contributed by atoms with Crippen LogP contribution in [-0.2, 0) is 17.1 Å². The molecule has 0 bridgehead atoms. The van der Waals surface area contributed by atoms with Crippen LogP contribution in [0.25, 0.3) is 11.0 Å². The molecule has 0 aliphatic carbocycles. The Hall–Kier alpha value is -3.99. The Bertz CT molecular complexity index is 1470. The summed E-state index contributed by atoms with van der Waals surface area (Å²) >= 11 is 0. The van der Waals surface area contributed by atoms with Gasteiger partial charge in [0, 0.05) is 24.3 Å². The smallest absolute Gasteiger partial charge is 0.262 e. The highest BCUT2D eigenvalue weighted by molar-refractivity contribution is 7.92. The largest absolute Gasteiger partial charge is 0.495 e. The lowest BCUT2D eigenvalue weighted by Gasteiger charge is -2.14. The highest BCUT2D eigenvalue weighted by Gasteiger charge is 2.18. The molecule has 0 spiro atoms. The number of hydrogen-bond donors (Lipinski definition) is 2. The van der Waals surface area contributed by atoms with Crippen molar-refractivity contribution >= 4 is 38.3 Å². The minimum Gasteiger partial charge on any atom is -0.495 e. The molecule has 0 atom stereocenters. The van der Waals surface area contributed by atoms with Gasteiger partial charge in [-0.05, 0) is 55.5 Å². The van der Waals surface area contributed by atoms with Gasteiger partial charge in [0.1, 0.15) is 11.6 Å². The fourth-order valence-corrected chi connectivity index (χ4v) is 4.38. The number of halogens is 1. The molecule has 2 aromatic carbocycles. The van der Waals surface area contributed by atoms with E-state index >= 15 is 0 Å². The number of aromatic nitrogens is 3. The fourth-order valence-electron chi connectivity index (χ4n) is 3.32. The summed E-state index contributed by atoms with van der Waals surface area (Å²) in [5.74, 6) is -0.733. The molecular weight excluding hydrogens is 449 g/mol. The van der Waals surface area contributed by atoms with Gasteiger partial charge in [-0.15, -0.1) is 0 Å². The topological polar surface area (TPSA) is 115 Å². The summed E-state index contributed by atoms with van der Waals surface area (Å²) in [5, 5.41) is 7.78. The SMILES string of the molecule is COc1ccc(NC(=O)c2cnc3c(c2)c(C)nn3C)cc1NS(=O)(=O)c1ccc(F)cc1. The molecule has 0 saturated heterocycles. The van der Waals surface area contributed by atoms with Gasteiger partial charge in [-0.3, -0.25) is 14.2 Å². The number of carbonyl (C=O) groups excluding carboxylic acids is 1. The standard InChI is InChI=1S/C22H20FN5O4S/c1-13-18-10-14(12-24-21(18)28(2)26-13)22(29)25-16-6-9-20(32-3)19(11-16)27-33(30,31)17-7-4-15(23)5-8-17/h4-12,27H,1-3H3,(H,25,29). The van der Waals surface area contributed by atoms with E-state index in [0.29, 0.717) is 16.9 Å². The fraction of sp³-hybridized carbons (Fsp3) is 0.136. The van der Waals surface area contributed by atoms with Gasteiger partial charge in [0.05, 0.1) is 29.0 Å². The van der Waals surface area contributed by atoms with Gasteiger partial charge in [-0.2, -0.15) is 5.10 Å². The summed E-state index contributed by atoms with van der Waals surface area (Å²) in [6.07, 6.45) is 1.44. The molecule has 33 heavy (non-hydrogen) atoms. The second-order valence-electron chi connectivity index (χ2n) is 7.23. The van der Waals surface area contributed by atoms with Crippen molar-refractivity contribution in [1.82, 2.24) is 14.8 Å². The molecule has 2 N–H and O–H groups in total. The number of methoxy groups -OCH3 is 1. The highest BCUT2D eigenvalue weighted by Crippen LogP contribution is 2.30. The predicted molar refractivity (Wildman–Crippen MR) is 121 cm³/mol. The summed E-state index contributed by atoms with van der Waals surface area (Å²) in [4.78, 5) is 17.0. The molecule has 0 aliphatic heterocycles. The number of benzene rings is 2. The Balaban J connectivity index is 1.60. The molecule has 0 unspecified atom stereocenters. The number of sulfonamides is 1. The molecule has 2 heterocycles. The van der Waals surface area contributed by atoms with Gasteiger partial charge in [-0.25, -0.2) is 17.8 Å². The quantitative estimate of drug-likeness (QED) is 0.447. The summed E-state index contributed by atoms with van der Waals surface area (Å²) in [6, 6.07) is 10.6. The molecule has 170 valence electrons. The minimum absolute atomic E-state index is 0.108. The molecule has 4 rings (SSSR count). The van der Waals surface area contributed by atoms with Crippen LogP contribution in [0.2, 0.25) is 0 Å². The predicted octanol–water partition coefficient (Wildman–Crippen LogP) is 3.48. The van der Waals surface area contributed by atoms with E-state index in [0.717, 1.165) is 35.3 Å². The zero-order valence-electron chi connectivity index (χ0n) is 18.0. The van der Waals surface area contributed by atoms with E-state index < -0.39 is 21.7 Å². The Kier molecular flexibility index (Phi) is 5.73. The van der Waals surface area contributed by atoms with Gasteiger partial charge < -0.3 is 10.1 Å². The molecular formula is C22H20FN5O4S. The maximum atomic E-state index is 13.2. The van der Waals surface area contributed by atoms with Crippen LogP contribution in [0.4, 0.5) is 15.8 Å². The molecule has 11 heteroatoms. The van der Waals surface area contributed by atoms with Gasteiger partial charge in [0.2, 0.25) is 0 Å². The maximum Gasteiger partial charge on any atom is 0.262 e. The van der Waals surface area contributed by atoms with Crippen LogP contribution in [-0.4, -0.2) is 36.2 Å². The second-order valence-corrected chi connectivity index (χ2v) is 8.92. The summed E-state index contributed by atoms with van der Waals surface area (Å²) in [6.45, 7) is 1.83. The van der Waals surface area contributed by atoms with Gasteiger partial charge in [0.15, 0.2) is 5.65 Å². The molecule has 9 nitrogen and oxygen atoms in total. The minimum atomic E-state index is -4.02. The van der Waals surface area contributed by atoms with Crippen molar-refractivity contribution in [1.29, 1.82) is 0 Å². The number of nitrogens with one attached hydrogen (secondary N) is 2. The van der Waals surface area contributed by atoms with Crippen LogP contribution in [0.5, 0.6) is 5.75 Å². The monoisotopic (exact) mass is 469 g/mol. The van der Waals surface area contributed by atoms with Crippen molar-refractivity contribution in [2.24, 2.45) is 7.05 Å². The van der Waals surface area contributed by atoms with Crippen molar-refractivity contribution in [3.63, 3.8) is 0 Å². The molecule has 0 fully saturated rings. The van der Waals surface area contributed by atoms with E-state index in [2.05, 4.69) is 20.1 Å². The van der Waals surface area contributed by atoms with E-state index in [9.17, 15) is 17.6 Å². The Morgan fingerprint density at radius 3 is 2.55 bits per heavy atom. The molecule has 0 aliphatic rings. The van der Waals surface area contributed by atoms with E-state index in [4.69, 9.17) is 4.74 Å². The van der Waals surface area contributed by atoms with E-state index in [-0.39, 0.29) is 16.3 Å². The second kappa shape index (κ2) is 8.51. The number of anilines is 2. The van der Waals surface area contributed by atoms with Crippen LogP contribution < -0.4 is 14.8 Å². The summed E-state index contributed by atoms with van der Waals surface area (Å²) in [5.41, 5.74) is 2.17. The zero-order chi connectivity index (χ0) is 23.8. The number of amides is 1. The number of aryl methyl sites for hydroxylation is 2. The molecule has 1 amide bonds. The van der Waals surface area contributed by atoms with E-state index in [1.807, 2.05) is 6.92 Å². The Morgan fingerprint density at radius 1 is 1.12 bits per heavy atom. The summed E-state index contributed by atoms with van der Waals surface area (Å²) in [7, 11) is -0.854. The number of rotatable bonds is 6. The molecule has 0 radical (unpaired) electrons. The summed E-state index contributed by atoms with van der Waals surface area (Å²) < 4.78 is 47.8. The first-order valence-corrected chi connectivity index (χ1v) is 11.2.